The van der Waals surface area contributed by atoms with Crippen LogP contribution < -0.4 is 0 Å². The van der Waals surface area contributed by atoms with Crippen LogP contribution in [0.5, 0.6) is 0 Å². The Labute approximate surface area is 250 Å². The van der Waals surface area contributed by atoms with Crippen LogP contribution in [0.3, 0.4) is 0 Å². The molecule has 10 heteroatoms. The number of hydrogen-bond acceptors (Lipinski definition) is 3. The number of alkyl halides is 7. The predicted molar refractivity (Wildman–Crippen MR) is 153 cm³/mol. The summed E-state index contributed by atoms with van der Waals surface area (Å²) in [6, 6.07) is 0. The smallest absolute Gasteiger partial charge is 0.393 e. The topological polar surface area (TPSA) is 60.7 Å². The van der Waals surface area contributed by atoms with Gasteiger partial charge in [0.15, 0.2) is 0 Å². The molecule has 0 unspecified atom stereocenters. The zero-order valence-electron chi connectivity index (χ0n) is 25.6. The van der Waals surface area contributed by atoms with E-state index in [9.17, 15) is 46.1 Å². The van der Waals surface area contributed by atoms with Crippen molar-refractivity contribution in [1.82, 2.24) is 0 Å². The highest BCUT2D eigenvalue weighted by Crippen LogP contribution is 2.64. The van der Waals surface area contributed by atoms with Crippen molar-refractivity contribution >= 4 is 0 Å². The van der Waals surface area contributed by atoms with Gasteiger partial charge in [0.05, 0.1) is 11.7 Å². The summed E-state index contributed by atoms with van der Waals surface area (Å²) in [7, 11) is 0. The number of fused-ring (bicyclic) bond motifs is 1. The summed E-state index contributed by atoms with van der Waals surface area (Å²) in [5, 5.41) is 30.0. The van der Waals surface area contributed by atoms with Crippen molar-refractivity contribution in [3.8, 4) is 0 Å². The van der Waals surface area contributed by atoms with Gasteiger partial charge in [-0.05, 0) is 112 Å². The van der Waals surface area contributed by atoms with Gasteiger partial charge in [0, 0.05) is 6.42 Å². The lowest BCUT2D eigenvalue weighted by Crippen LogP contribution is -2.55. The first kappa shape index (κ1) is 35.8. The molecule has 0 radical (unpaired) electrons. The van der Waals surface area contributed by atoms with Gasteiger partial charge in [-0.2, -0.15) is 26.3 Å². The Morgan fingerprint density at radius 3 is 2.19 bits per heavy atom. The Bertz CT molecular complexity index is 1080. The molecule has 0 heterocycles. The highest BCUT2D eigenvalue weighted by molar-refractivity contribution is 5.39. The Morgan fingerprint density at radius 2 is 1.60 bits per heavy atom. The van der Waals surface area contributed by atoms with Gasteiger partial charge in [-0.25, -0.2) is 4.39 Å². The van der Waals surface area contributed by atoms with Gasteiger partial charge in [0.25, 0.3) is 5.60 Å². The van der Waals surface area contributed by atoms with Gasteiger partial charge in [-0.1, -0.05) is 50.6 Å². The quantitative estimate of drug-likeness (QED) is 0.177. The van der Waals surface area contributed by atoms with Crippen LogP contribution in [-0.4, -0.2) is 51.1 Å². The van der Waals surface area contributed by atoms with Crippen LogP contribution >= 0.6 is 0 Å². The molecule has 0 spiro atoms. The third kappa shape index (κ3) is 7.78. The van der Waals surface area contributed by atoms with E-state index in [2.05, 4.69) is 13.5 Å². The van der Waals surface area contributed by atoms with Crippen molar-refractivity contribution in [3.63, 3.8) is 0 Å². The first-order valence-electron chi connectivity index (χ1n) is 15.2. The van der Waals surface area contributed by atoms with Gasteiger partial charge in [-0.15, -0.1) is 0 Å². The molecule has 246 valence electrons. The number of rotatable bonds is 9. The molecule has 3 nitrogen and oxygen atoms in total. The maximum Gasteiger partial charge on any atom is 0.429 e. The van der Waals surface area contributed by atoms with Crippen LogP contribution in [0.2, 0.25) is 0 Å². The zero-order valence-corrected chi connectivity index (χ0v) is 25.6. The van der Waals surface area contributed by atoms with E-state index in [1.165, 1.54) is 5.57 Å². The molecular formula is C33H47F7O3. The molecule has 3 fully saturated rings. The van der Waals surface area contributed by atoms with E-state index >= 15 is 0 Å². The van der Waals surface area contributed by atoms with E-state index in [0.717, 1.165) is 38.2 Å². The molecule has 43 heavy (non-hydrogen) atoms. The highest BCUT2D eigenvalue weighted by atomic mass is 19.4. The number of aliphatic hydroxyl groups is 3. The van der Waals surface area contributed by atoms with Gasteiger partial charge < -0.3 is 15.3 Å². The van der Waals surface area contributed by atoms with Crippen molar-refractivity contribution < 1.29 is 46.1 Å². The van der Waals surface area contributed by atoms with E-state index in [1.807, 2.05) is 19.1 Å². The molecule has 3 aliphatic rings. The summed E-state index contributed by atoms with van der Waals surface area (Å²) >= 11 is 0. The maximum absolute atomic E-state index is 14.3. The third-order valence-electron chi connectivity index (χ3n) is 10.4. The lowest BCUT2D eigenvalue weighted by Gasteiger charge is -2.49. The molecule has 0 aromatic heterocycles. The summed E-state index contributed by atoms with van der Waals surface area (Å²) in [6.07, 6.45) is -3.71. The summed E-state index contributed by atoms with van der Waals surface area (Å²) < 4.78 is 94.4. The molecule has 0 aromatic carbocycles. The summed E-state index contributed by atoms with van der Waals surface area (Å²) in [5.74, 6) is 0.0882. The van der Waals surface area contributed by atoms with Gasteiger partial charge in [-0.3, -0.25) is 0 Å². The zero-order chi connectivity index (χ0) is 32.6. The standard InChI is InChI=1S/C33H47F7O3/c1-21-23(19-24(41)20-26(21)34)11-10-22-9-6-17-30(5)25(22)12-13-27(30)29(4,15-7-14-28(2,3)42)16-8-18-31(43,32(35,36)37)33(38,39)40/h8,10-11,18,24-27,41-43H,1,6-7,9,12-17,19-20H2,2-5H3/b18-8-,22-10+,23-11-/t24-,25+,26+,27-,29+,30+/m1/s1. The second kappa shape index (κ2) is 12.6. The highest BCUT2D eigenvalue weighted by Gasteiger charge is 2.69. The lowest BCUT2D eigenvalue weighted by molar-refractivity contribution is -0.347. The molecule has 0 aliphatic heterocycles. The largest absolute Gasteiger partial charge is 0.429 e. The Hall–Kier alpha value is -1.65. The molecule has 3 saturated carbocycles. The van der Waals surface area contributed by atoms with Gasteiger partial charge in [0.2, 0.25) is 0 Å². The normalized spacial score (nSPS) is 32.9. The van der Waals surface area contributed by atoms with Crippen LogP contribution in [0.15, 0.2) is 47.6 Å². The summed E-state index contributed by atoms with van der Waals surface area (Å²) in [6.45, 7) is 11.2. The van der Waals surface area contributed by atoms with Crippen LogP contribution in [0.1, 0.15) is 98.3 Å². The Kier molecular flexibility index (Phi) is 10.5. The fourth-order valence-electron chi connectivity index (χ4n) is 8.01. The Morgan fingerprint density at radius 1 is 0.977 bits per heavy atom. The number of aliphatic hydroxyl groups excluding tert-OH is 1. The van der Waals surface area contributed by atoms with Crippen molar-refractivity contribution in [2.75, 3.05) is 0 Å². The SMILES string of the molecule is C=C1/C(=C\C=C2/CCC[C@]3(C)[C@@H]([C@](C)(C/C=C\C(O)(C(F)(F)F)C(F)(F)F)CCCC(C)(C)O)CC[C@@H]23)C[C@@H](O)C[C@@H]1F. The Balaban J connectivity index is 1.93. The molecule has 0 bridgehead atoms. The fraction of sp³-hybridized carbons (Fsp3) is 0.758. The molecule has 6 atom stereocenters. The first-order chi connectivity index (χ1) is 19.5. The molecule has 0 amide bonds. The average Bonchev–Trinajstić information content (AvgIpc) is 3.21. The van der Waals surface area contributed by atoms with E-state index in [0.29, 0.717) is 36.8 Å². The first-order valence-corrected chi connectivity index (χ1v) is 15.2. The van der Waals surface area contributed by atoms with E-state index in [1.54, 1.807) is 13.8 Å². The minimum absolute atomic E-state index is 0.0267. The molecule has 3 N–H and O–H groups in total. The van der Waals surface area contributed by atoms with Crippen LogP contribution in [0, 0.1) is 22.7 Å². The minimum Gasteiger partial charge on any atom is -0.393 e. The van der Waals surface area contributed by atoms with Gasteiger partial charge >= 0.3 is 12.4 Å². The lowest BCUT2D eigenvalue weighted by atomic mass is 9.55. The molecular weight excluding hydrogens is 577 g/mol. The van der Waals surface area contributed by atoms with Crippen LogP contribution in [0.25, 0.3) is 0 Å². The molecule has 0 aromatic rings. The fourth-order valence-corrected chi connectivity index (χ4v) is 8.01. The number of allylic oxidation sites excluding steroid dienone is 5. The van der Waals surface area contributed by atoms with Crippen molar-refractivity contribution in [2.45, 2.75) is 134 Å². The number of hydrogen-bond donors (Lipinski definition) is 3. The molecule has 0 saturated heterocycles. The maximum atomic E-state index is 14.3. The van der Waals surface area contributed by atoms with Crippen LogP contribution in [-0.2, 0) is 0 Å². The second-order valence-electron chi connectivity index (χ2n) is 14.3. The summed E-state index contributed by atoms with van der Waals surface area (Å²) in [4.78, 5) is 0. The van der Waals surface area contributed by atoms with Crippen molar-refractivity contribution in [3.05, 3.63) is 47.6 Å². The average molecular weight is 625 g/mol. The minimum atomic E-state index is -5.93. The van der Waals surface area contributed by atoms with E-state index < -0.39 is 41.2 Å². The van der Waals surface area contributed by atoms with E-state index in [4.69, 9.17) is 0 Å². The van der Waals surface area contributed by atoms with Gasteiger partial charge in [0.1, 0.15) is 6.17 Å². The number of halogens is 7. The molecule has 3 rings (SSSR count). The monoisotopic (exact) mass is 624 g/mol. The predicted octanol–water partition coefficient (Wildman–Crippen LogP) is 8.85. The third-order valence-corrected chi connectivity index (χ3v) is 10.4. The summed E-state index contributed by atoms with van der Waals surface area (Å²) in [5.41, 5.74) is -4.69. The van der Waals surface area contributed by atoms with Crippen molar-refractivity contribution in [1.29, 1.82) is 0 Å². The van der Waals surface area contributed by atoms with E-state index in [-0.39, 0.29) is 36.2 Å². The second-order valence-corrected chi connectivity index (χ2v) is 14.3. The molecule has 3 aliphatic carbocycles. The van der Waals surface area contributed by atoms with Crippen molar-refractivity contribution in [2.24, 2.45) is 22.7 Å². The van der Waals surface area contributed by atoms with Crippen LogP contribution in [0.4, 0.5) is 30.7 Å².